The second kappa shape index (κ2) is 6.82. The largest absolute Gasteiger partial charge is 0.446 e. The van der Waals surface area contributed by atoms with Gasteiger partial charge in [0.25, 0.3) is 0 Å². The summed E-state index contributed by atoms with van der Waals surface area (Å²) in [5.41, 5.74) is 0.384. The zero-order chi connectivity index (χ0) is 14.6. The summed E-state index contributed by atoms with van der Waals surface area (Å²) in [5.74, 6) is 0.767. The summed E-state index contributed by atoms with van der Waals surface area (Å²) in [5, 5.41) is 3.05. The van der Waals surface area contributed by atoms with E-state index in [0.29, 0.717) is 11.5 Å². The fraction of sp³-hybridized carbons (Fsp3) is 0.941. The number of carbonyl (C=O) groups excluding carboxylic acids is 1. The topological polar surface area (TPSA) is 38.3 Å². The average molecular weight is 281 g/mol. The van der Waals surface area contributed by atoms with Gasteiger partial charge in [-0.3, -0.25) is 0 Å². The highest BCUT2D eigenvalue weighted by Gasteiger charge is 2.31. The quantitative estimate of drug-likeness (QED) is 0.800. The van der Waals surface area contributed by atoms with Gasteiger partial charge in [-0.15, -0.1) is 0 Å². The van der Waals surface area contributed by atoms with Crippen LogP contribution in [0.5, 0.6) is 0 Å². The highest BCUT2D eigenvalue weighted by atomic mass is 16.6. The molecule has 116 valence electrons. The van der Waals surface area contributed by atoms with Crippen molar-refractivity contribution in [2.75, 3.05) is 0 Å². The Morgan fingerprint density at radius 1 is 0.950 bits per heavy atom. The molecule has 20 heavy (non-hydrogen) atoms. The van der Waals surface area contributed by atoms with E-state index in [9.17, 15) is 4.79 Å². The number of nitrogens with one attached hydrogen (secondary N) is 1. The van der Waals surface area contributed by atoms with Crippen molar-refractivity contribution in [1.82, 2.24) is 5.32 Å². The van der Waals surface area contributed by atoms with Gasteiger partial charge in [0.1, 0.15) is 6.10 Å². The van der Waals surface area contributed by atoms with Crippen LogP contribution in [0.4, 0.5) is 4.79 Å². The summed E-state index contributed by atoms with van der Waals surface area (Å²) in [6, 6.07) is 0.349. The van der Waals surface area contributed by atoms with Crippen molar-refractivity contribution in [3.63, 3.8) is 0 Å². The van der Waals surface area contributed by atoms with Gasteiger partial charge in [-0.05, 0) is 49.9 Å². The molecule has 3 heteroatoms. The van der Waals surface area contributed by atoms with E-state index in [1.54, 1.807) is 0 Å². The molecule has 0 heterocycles. The van der Waals surface area contributed by atoms with E-state index >= 15 is 0 Å². The summed E-state index contributed by atoms with van der Waals surface area (Å²) in [4.78, 5) is 11.9. The van der Waals surface area contributed by atoms with Crippen molar-refractivity contribution in [3.8, 4) is 0 Å². The summed E-state index contributed by atoms with van der Waals surface area (Å²) >= 11 is 0. The minimum Gasteiger partial charge on any atom is -0.446 e. The molecule has 3 nitrogen and oxygen atoms in total. The molecule has 2 saturated carbocycles. The van der Waals surface area contributed by atoms with Crippen LogP contribution in [0, 0.1) is 11.3 Å². The molecule has 0 atom stereocenters. The molecular weight excluding hydrogens is 250 g/mol. The van der Waals surface area contributed by atoms with Crippen molar-refractivity contribution >= 4 is 6.09 Å². The van der Waals surface area contributed by atoms with Crippen LogP contribution >= 0.6 is 0 Å². The van der Waals surface area contributed by atoms with E-state index in [2.05, 4.69) is 26.1 Å². The van der Waals surface area contributed by atoms with Crippen molar-refractivity contribution in [2.24, 2.45) is 11.3 Å². The van der Waals surface area contributed by atoms with Crippen molar-refractivity contribution in [2.45, 2.75) is 90.7 Å². The number of carbonyl (C=O) groups is 1. The van der Waals surface area contributed by atoms with E-state index in [1.165, 1.54) is 32.1 Å². The maximum Gasteiger partial charge on any atom is 0.407 e. The predicted octanol–water partition coefficient (Wildman–Crippen LogP) is 4.65. The predicted molar refractivity (Wildman–Crippen MR) is 81.7 cm³/mol. The lowest BCUT2D eigenvalue weighted by Crippen LogP contribution is -2.39. The van der Waals surface area contributed by atoms with Gasteiger partial charge in [0, 0.05) is 6.04 Å². The third kappa shape index (κ3) is 4.68. The van der Waals surface area contributed by atoms with Gasteiger partial charge in [-0.2, -0.15) is 0 Å². The maximum absolute atomic E-state index is 11.9. The van der Waals surface area contributed by atoms with Gasteiger partial charge in [0.05, 0.1) is 0 Å². The molecule has 0 aromatic rings. The first-order valence-corrected chi connectivity index (χ1v) is 8.42. The van der Waals surface area contributed by atoms with Gasteiger partial charge in [0.2, 0.25) is 0 Å². The number of amides is 1. The Labute approximate surface area is 123 Å². The molecule has 0 spiro atoms. The van der Waals surface area contributed by atoms with Crippen molar-refractivity contribution in [3.05, 3.63) is 0 Å². The van der Waals surface area contributed by atoms with Gasteiger partial charge in [0.15, 0.2) is 0 Å². The smallest absolute Gasteiger partial charge is 0.407 e. The monoisotopic (exact) mass is 281 g/mol. The number of hydrogen-bond acceptors (Lipinski definition) is 2. The first-order chi connectivity index (χ1) is 9.45. The highest BCUT2D eigenvalue weighted by Crippen LogP contribution is 2.38. The molecule has 0 aromatic carbocycles. The third-order valence-electron chi connectivity index (χ3n) is 5.10. The lowest BCUT2D eigenvalue weighted by Gasteiger charge is -2.36. The Bertz CT molecular complexity index is 307. The molecule has 2 aliphatic carbocycles. The molecule has 1 amide bonds. The minimum absolute atomic E-state index is 0.136. The number of alkyl carbamates (subject to hydrolysis) is 1. The zero-order valence-electron chi connectivity index (χ0n) is 13.4. The number of ether oxygens (including phenoxy) is 1. The fourth-order valence-corrected chi connectivity index (χ4v) is 3.65. The molecule has 0 bridgehead atoms. The van der Waals surface area contributed by atoms with Gasteiger partial charge < -0.3 is 10.1 Å². The van der Waals surface area contributed by atoms with E-state index in [0.717, 1.165) is 31.6 Å². The van der Waals surface area contributed by atoms with Crippen LogP contribution < -0.4 is 5.32 Å². The summed E-state index contributed by atoms with van der Waals surface area (Å²) in [6.07, 6.45) is 10.4. The standard InChI is InChI=1S/C17H31NO2/c1-17(2,3)13-9-11-15(12-10-13)20-16(19)18-14-7-5-4-6-8-14/h13-15H,4-12H2,1-3H3,(H,18,19). The molecule has 0 aromatic heterocycles. The van der Waals surface area contributed by atoms with Crippen LogP contribution in [-0.4, -0.2) is 18.2 Å². The Kier molecular flexibility index (Phi) is 5.34. The van der Waals surface area contributed by atoms with Crippen LogP contribution in [0.1, 0.15) is 78.6 Å². The van der Waals surface area contributed by atoms with Crippen molar-refractivity contribution < 1.29 is 9.53 Å². The average Bonchev–Trinajstić information content (AvgIpc) is 2.39. The Morgan fingerprint density at radius 3 is 2.10 bits per heavy atom. The molecule has 0 unspecified atom stereocenters. The van der Waals surface area contributed by atoms with Gasteiger partial charge >= 0.3 is 6.09 Å². The van der Waals surface area contributed by atoms with E-state index in [4.69, 9.17) is 4.74 Å². The molecular formula is C17H31NO2. The Hall–Kier alpha value is -0.730. The second-order valence-electron chi connectivity index (χ2n) is 7.72. The fourth-order valence-electron chi connectivity index (χ4n) is 3.65. The molecule has 2 rings (SSSR count). The lowest BCUT2D eigenvalue weighted by atomic mass is 9.72. The third-order valence-corrected chi connectivity index (χ3v) is 5.10. The molecule has 2 aliphatic rings. The molecule has 0 aliphatic heterocycles. The Balaban J connectivity index is 1.68. The molecule has 1 N–H and O–H groups in total. The second-order valence-corrected chi connectivity index (χ2v) is 7.72. The number of hydrogen-bond donors (Lipinski definition) is 1. The Morgan fingerprint density at radius 2 is 1.55 bits per heavy atom. The van der Waals surface area contributed by atoms with Crippen LogP contribution in [0.25, 0.3) is 0 Å². The van der Waals surface area contributed by atoms with Crippen molar-refractivity contribution in [1.29, 1.82) is 0 Å². The van der Waals surface area contributed by atoms with E-state index in [1.807, 2.05) is 0 Å². The molecule has 2 fully saturated rings. The van der Waals surface area contributed by atoms with E-state index in [-0.39, 0.29) is 12.2 Å². The lowest BCUT2D eigenvalue weighted by molar-refractivity contribution is 0.0431. The maximum atomic E-state index is 11.9. The summed E-state index contributed by atoms with van der Waals surface area (Å²) < 4.78 is 5.61. The van der Waals surface area contributed by atoms with Gasteiger partial charge in [-0.1, -0.05) is 40.0 Å². The normalized spacial score (nSPS) is 28.9. The molecule has 0 saturated heterocycles. The van der Waals surface area contributed by atoms with Crippen LogP contribution in [0.2, 0.25) is 0 Å². The first kappa shape index (κ1) is 15.7. The minimum atomic E-state index is -0.184. The zero-order valence-corrected chi connectivity index (χ0v) is 13.4. The summed E-state index contributed by atoms with van der Waals surface area (Å²) in [7, 11) is 0. The van der Waals surface area contributed by atoms with Crippen LogP contribution in [0.3, 0.4) is 0 Å². The molecule has 0 radical (unpaired) electrons. The van der Waals surface area contributed by atoms with Crippen LogP contribution in [0.15, 0.2) is 0 Å². The highest BCUT2D eigenvalue weighted by molar-refractivity contribution is 5.67. The van der Waals surface area contributed by atoms with Gasteiger partial charge in [-0.25, -0.2) is 4.79 Å². The SMILES string of the molecule is CC(C)(C)C1CCC(OC(=O)NC2CCCCC2)CC1. The van der Waals surface area contributed by atoms with E-state index < -0.39 is 0 Å². The summed E-state index contributed by atoms with van der Waals surface area (Å²) in [6.45, 7) is 6.94. The van der Waals surface area contributed by atoms with Crippen LogP contribution in [-0.2, 0) is 4.74 Å². The first-order valence-electron chi connectivity index (χ1n) is 8.42. The number of rotatable bonds is 2.